The van der Waals surface area contributed by atoms with Crippen LogP contribution in [0.5, 0.6) is 0 Å². The summed E-state index contributed by atoms with van der Waals surface area (Å²) in [6.45, 7) is 8.93. The lowest BCUT2D eigenvalue weighted by Crippen LogP contribution is -2.49. The molecule has 0 bridgehead atoms. The van der Waals surface area contributed by atoms with E-state index < -0.39 is 20.7 Å². The molecule has 0 atom stereocenters. The summed E-state index contributed by atoms with van der Waals surface area (Å²) in [5.74, 6) is 0.737. The molecule has 2 aromatic rings. The van der Waals surface area contributed by atoms with Gasteiger partial charge in [0.05, 0.1) is 0 Å². The maximum absolute atomic E-state index is 14.5. The Labute approximate surface area is 200 Å². The van der Waals surface area contributed by atoms with E-state index in [1.807, 2.05) is 13.0 Å². The van der Waals surface area contributed by atoms with Gasteiger partial charge in [0.2, 0.25) is 10.0 Å². The molecule has 0 saturated carbocycles. The summed E-state index contributed by atoms with van der Waals surface area (Å²) >= 11 is 0. The molecular formula is C24H32FN5O3S. The summed E-state index contributed by atoms with van der Waals surface area (Å²) in [4.78, 5) is 25.7. The zero-order valence-corrected chi connectivity index (χ0v) is 20.8. The van der Waals surface area contributed by atoms with Gasteiger partial charge < -0.3 is 9.80 Å². The van der Waals surface area contributed by atoms with Crippen LogP contribution in [-0.4, -0.2) is 72.8 Å². The zero-order chi connectivity index (χ0) is 24.5. The number of piperazine rings is 1. The number of carbonyl (C=O) groups excluding carboxylic acids is 1. The Hall–Kier alpha value is -2.59. The number of anilines is 1. The molecule has 0 unspecified atom stereocenters. The molecule has 2 saturated heterocycles. The van der Waals surface area contributed by atoms with Crippen LogP contribution in [0.4, 0.5) is 10.2 Å². The van der Waals surface area contributed by atoms with Crippen molar-refractivity contribution in [3.8, 4) is 0 Å². The van der Waals surface area contributed by atoms with Gasteiger partial charge in [-0.05, 0) is 38.0 Å². The summed E-state index contributed by atoms with van der Waals surface area (Å²) < 4.78 is 41.9. The molecule has 10 heteroatoms. The summed E-state index contributed by atoms with van der Waals surface area (Å²) in [6.07, 6.45) is 2.48. The van der Waals surface area contributed by atoms with E-state index in [1.165, 1.54) is 16.4 Å². The fraction of sp³-hybridized carbons (Fsp3) is 0.542. The number of sulfonamides is 1. The van der Waals surface area contributed by atoms with Crippen LogP contribution in [0, 0.1) is 12.7 Å². The second kappa shape index (κ2) is 9.95. The molecule has 0 radical (unpaired) electrons. The van der Waals surface area contributed by atoms with Crippen LogP contribution in [0.3, 0.4) is 0 Å². The third kappa shape index (κ3) is 5.07. The lowest BCUT2D eigenvalue weighted by Gasteiger charge is -2.35. The number of hydrogen-bond donors (Lipinski definition) is 0. The van der Waals surface area contributed by atoms with Crippen molar-refractivity contribution in [2.75, 3.05) is 44.2 Å². The van der Waals surface area contributed by atoms with Crippen molar-refractivity contribution in [3.05, 3.63) is 47.2 Å². The van der Waals surface area contributed by atoms with E-state index in [2.05, 4.69) is 28.7 Å². The van der Waals surface area contributed by atoms with Gasteiger partial charge in [0.15, 0.2) is 0 Å². The lowest BCUT2D eigenvalue weighted by molar-refractivity contribution is 0.0746. The molecule has 2 fully saturated rings. The van der Waals surface area contributed by atoms with Crippen LogP contribution in [0.2, 0.25) is 0 Å². The van der Waals surface area contributed by atoms with Crippen LogP contribution in [0.25, 0.3) is 0 Å². The number of carbonyl (C=O) groups is 1. The van der Waals surface area contributed by atoms with Crippen molar-refractivity contribution >= 4 is 21.7 Å². The van der Waals surface area contributed by atoms with E-state index in [9.17, 15) is 17.6 Å². The maximum Gasteiger partial charge on any atom is 0.254 e. The van der Waals surface area contributed by atoms with Gasteiger partial charge in [-0.25, -0.2) is 22.8 Å². The Balaban J connectivity index is 1.48. The van der Waals surface area contributed by atoms with Gasteiger partial charge in [0.25, 0.3) is 5.91 Å². The topological polar surface area (TPSA) is 86.7 Å². The van der Waals surface area contributed by atoms with Gasteiger partial charge in [-0.15, -0.1) is 0 Å². The fourth-order valence-corrected chi connectivity index (χ4v) is 6.00. The number of amides is 1. The van der Waals surface area contributed by atoms with E-state index >= 15 is 0 Å². The average molecular weight is 490 g/mol. The Kier molecular flexibility index (Phi) is 7.18. The van der Waals surface area contributed by atoms with Crippen molar-refractivity contribution in [1.29, 1.82) is 0 Å². The van der Waals surface area contributed by atoms with Gasteiger partial charge in [0.1, 0.15) is 22.4 Å². The quantitative estimate of drug-likeness (QED) is 0.641. The largest absolute Gasteiger partial charge is 0.353 e. The Morgan fingerprint density at radius 1 is 0.971 bits per heavy atom. The van der Waals surface area contributed by atoms with Crippen LogP contribution in [0.15, 0.2) is 29.2 Å². The molecule has 184 valence electrons. The first-order valence-electron chi connectivity index (χ1n) is 11.9. The Morgan fingerprint density at radius 2 is 1.65 bits per heavy atom. The number of aromatic nitrogens is 2. The third-order valence-electron chi connectivity index (χ3n) is 6.38. The third-order valence-corrected chi connectivity index (χ3v) is 8.29. The number of benzene rings is 1. The highest BCUT2D eigenvalue weighted by molar-refractivity contribution is 7.89. The van der Waals surface area contributed by atoms with Crippen molar-refractivity contribution in [3.63, 3.8) is 0 Å². The van der Waals surface area contributed by atoms with Crippen molar-refractivity contribution in [2.45, 2.75) is 50.8 Å². The fourth-order valence-electron chi connectivity index (χ4n) is 4.39. The van der Waals surface area contributed by atoms with E-state index in [4.69, 9.17) is 0 Å². The van der Waals surface area contributed by atoms with Crippen molar-refractivity contribution in [1.82, 2.24) is 19.2 Å². The minimum atomic E-state index is -3.97. The number of piperidine rings is 1. The minimum Gasteiger partial charge on any atom is -0.353 e. The maximum atomic E-state index is 14.5. The first-order chi connectivity index (χ1) is 16.2. The van der Waals surface area contributed by atoms with Crippen molar-refractivity contribution in [2.24, 2.45) is 0 Å². The van der Waals surface area contributed by atoms with Gasteiger partial charge in [-0.2, -0.15) is 4.31 Å². The summed E-state index contributed by atoms with van der Waals surface area (Å²) in [5.41, 5.74) is 1.09. The highest BCUT2D eigenvalue weighted by Gasteiger charge is 2.31. The van der Waals surface area contributed by atoms with Gasteiger partial charge in [0, 0.05) is 62.5 Å². The molecule has 34 heavy (non-hydrogen) atoms. The number of nitrogens with zero attached hydrogens (tertiary/aromatic N) is 5. The molecule has 1 aromatic heterocycles. The minimum absolute atomic E-state index is 0.186. The van der Waals surface area contributed by atoms with Gasteiger partial charge in [-0.1, -0.05) is 20.3 Å². The highest BCUT2D eigenvalue weighted by atomic mass is 32.2. The SMILES string of the molecule is Cc1cc(N2CCN(C(=O)c3ccc(F)c(S(=O)(=O)N4CCCCC4)c3)CC2)nc(C(C)C)n1. The van der Waals surface area contributed by atoms with Gasteiger partial charge in [-0.3, -0.25) is 4.79 Å². The van der Waals surface area contributed by atoms with Crippen LogP contribution < -0.4 is 4.90 Å². The number of rotatable bonds is 5. The number of halogens is 1. The first kappa shape index (κ1) is 24.5. The average Bonchev–Trinajstić information content (AvgIpc) is 2.84. The van der Waals surface area contributed by atoms with E-state index in [-0.39, 0.29) is 17.4 Å². The normalized spacial score (nSPS) is 17.9. The standard InChI is InChI=1S/C24H32FN5O3S/c1-17(2)23-26-18(3)15-22(27-23)28-11-13-29(14-12-28)24(31)19-7-8-20(25)21(16-19)34(32,33)30-9-5-4-6-10-30/h7-8,15-17H,4-6,9-14H2,1-3H3. The van der Waals surface area contributed by atoms with Gasteiger partial charge >= 0.3 is 0 Å². The Bertz CT molecular complexity index is 1160. The molecule has 0 aliphatic carbocycles. The predicted octanol–water partition coefficient (Wildman–Crippen LogP) is 3.18. The molecule has 3 heterocycles. The van der Waals surface area contributed by atoms with E-state index in [0.29, 0.717) is 39.3 Å². The molecule has 4 rings (SSSR count). The zero-order valence-electron chi connectivity index (χ0n) is 20.0. The molecule has 1 aromatic carbocycles. The van der Waals surface area contributed by atoms with E-state index in [1.54, 1.807) is 4.90 Å². The monoisotopic (exact) mass is 489 g/mol. The molecule has 8 nitrogen and oxygen atoms in total. The highest BCUT2D eigenvalue weighted by Crippen LogP contribution is 2.25. The van der Waals surface area contributed by atoms with Crippen LogP contribution in [0.1, 0.15) is 60.9 Å². The molecule has 0 N–H and O–H groups in total. The smallest absolute Gasteiger partial charge is 0.254 e. The molecular weight excluding hydrogens is 457 g/mol. The number of aryl methyl sites for hydroxylation is 1. The first-order valence-corrected chi connectivity index (χ1v) is 13.3. The van der Waals surface area contributed by atoms with Crippen molar-refractivity contribution < 1.29 is 17.6 Å². The number of hydrogen-bond acceptors (Lipinski definition) is 6. The molecule has 1 amide bonds. The summed E-state index contributed by atoms with van der Waals surface area (Å²) in [6, 6.07) is 5.58. The Morgan fingerprint density at radius 3 is 2.29 bits per heavy atom. The summed E-state index contributed by atoms with van der Waals surface area (Å²) in [5, 5.41) is 0. The summed E-state index contributed by atoms with van der Waals surface area (Å²) in [7, 11) is -3.97. The van der Waals surface area contributed by atoms with Crippen LogP contribution in [-0.2, 0) is 10.0 Å². The molecule has 2 aliphatic heterocycles. The lowest BCUT2D eigenvalue weighted by atomic mass is 10.1. The second-order valence-corrected chi connectivity index (χ2v) is 11.2. The van der Waals surface area contributed by atoms with E-state index in [0.717, 1.165) is 42.7 Å². The predicted molar refractivity (Wildman–Crippen MR) is 128 cm³/mol. The van der Waals surface area contributed by atoms with Crippen LogP contribution >= 0.6 is 0 Å². The second-order valence-electron chi connectivity index (χ2n) is 9.27. The molecule has 0 spiro atoms. The molecule has 2 aliphatic rings.